The minimum absolute atomic E-state index is 0.272. The van der Waals surface area contributed by atoms with Crippen molar-refractivity contribution >= 4 is 34.7 Å². The van der Waals surface area contributed by atoms with Gasteiger partial charge in [-0.05, 0) is 35.9 Å². The average Bonchev–Trinajstić information content (AvgIpc) is 3.48. The third-order valence-electron chi connectivity index (χ3n) is 5.85. The van der Waals surface area contributed by atoms with Crippen LogP contribution in [-0.4, -0.2) is 46.9 Å². The molecule has 0 aliphatic carbocycles. The number of benzene rings is 2. The second kappa shape index (κ2) is 7.72. The van der Waals surface area contributed by atoms with Crippen molar-refractivity contribution in [3.8, 4) is 11.3 Å². The van der Waals surface area contributed by atoms with Gasteiger partial charge in [0.05, 0.1) is 30.3 Å². The van der Waals surface area contributed by atoms with E-state index in [1.165, 1.54) is 11.6 Å². The molecule has 2 aromatic carbocycles. The van der Waals surface area contributed by atoms with Crippen molar-refractivity contribution in [3.05, 3.63) is 66.4 Å². The van der Waals surface area contributed by atoms with Crippen LogP contribution in [0.15, 0.2) is 60.0 Å². The molecule has 0 amide bonds. The van der Waals surface area contributed by atoms with E-state index in [1.54, 1.807) is 12.3 Å². The summed E-state index contributed by atoms with van der Waals surface area (Å²) in [5.41, 5.74) is 5.89. The number of anilines is 3. The van der Waals surface area contributed by atoms with Gasteiger partial charge in [0.1, 0.15) is 5.82 Å². The van der Waals surface area contributed by atoms with E-state index in [4.69, 9.17) is 9.72 Å². The highest BCUT2D eigenvalue weighted by atomic mass is 19.1. The fourth-order valence-electron chi connectivity index (χ4n) is 4.21. The van der Waals surface area contributed by atoms with Gasteiger partial charge in [-0.1, -0.05) is 6.07 Å². The molecular formula is C24H21FN6O. The molecule has 8 heteroatoms. The van der Waals surface area contributed by atoms with Gasteiger partial charge in [-0.25, -0.2) is 14.4 Å². The van der Waals surface area contributed by atoms with Crippen molar-refractivity contribution in [2.24, 2.45) is 4.99 Å². The number of morpholine rings is 1. The number of rotatable bonds is 4. The molecule has 6 rings (SSSR count). The van der Waals surface area contributed by atoms with Crippen LogP contribution >= 0.6 is 0 Å². The van der Waals surface area contributed by atoms with Crippen LogP contribution < -0.4 is 10.2 Å². The van der Waals surface area contributed by atoms with Gasteiger partial charge in [0.15, 0.2) is 11.5 Å². The molecule has 0 spiro atoms. The number of ether oxygens (including phenoxy) is 1. The van der Waals surface area contributed by atoms with Crippen LogP contribution in [0, 0.1) is 5.82 Å². The highest BCUT2D eigenvalue weighted by Gasteiger charge is 2.17. The molecule has 4 aromatic rings. The van der Waals surface area contributed by atoms with Crippen molar-refractivity contribution in [1.29, 1.82) is 0 Å². The van der Waals surface area contributed by atoms with Crippen molar-refractivity contribution < 1.29 is 9.13 Å². The Balaban J connectivity index is 1.34. The quantitative estimate of drug-likeness (QED) is 0.523. The van der Waals surface area contributed by atoms with Gasteiger partial charge >= 0.3 is 0 Å². The normalized spacial score (nSPS) is 15.3. The molecule has 2 aromatic heterocycles. The van der Waals surface area contributed by atoms with Crippen LogP contribution in [0.3, 0.4) is 0 Å². The van der Waals surface area contributed by atoms with Gasteiger partial charge < -0.3 is 19.4 Å². The highest BCUT2D eigenvalue weighted by Crippen LogP contribution is 2.31. The van der Waals surface area contributed by atoms with E-state index in [-0.39, 0.29) is 5.82 Å². The molecule has 2 aliphatic heterocycles. The Bertz CT molecular complexity index is 1340. The molecule has 0 radical (unpaired) electrons. The van der Waals surface area contributed by atoms with Gasteiger partial charge in [-0.15, -0.1) is 0 Å². The first kappa shape index (κ1) is 18.9. The fraction of sp³-hybridized carbons (Fsp3) is 0.208. The van der Waals surface area contributed by atoms with E-state index >= 15 is 0 Å². The van der Waals surface area contributed by atoms with Gasteiger partial charge in [0.2, 0.25) is 0 Å². The Morgan fingerprint density at radius 1 is 1.06 bits per heavy atom. The van der Waals surface area contributed by atoms with Crippen LogP contribution in [-0.2, 0) is 11.2 Å². The largest absolute Gasteiger partial charge is 0.378 e. The van der Waals surface area contributed by atoms with Crippen LogP contribution in [0.1, 0.15) is 5.56 Å². The number of hydrogen-bond acceptors (Lipinski definition) is 6. The molecule has 4 heterocycles. The molecule has 0 unspecified atom stereocenters. The zero-order valence-electron chi connectivity index (χ0n) is 17.3. The number of hydrogen-bond donors (Lipinski definition) is 1. The number of halogens is 1. The first-order valence-corrected chi connectivity index (χ1v) is 10.6. The third kappa shape index (κ3) is 3.38. The standard InChI is InChI=1S/C24H21FN6O/c25-19-14-18(2-4-22(19)30-9-11-32-12-10-30)28-23-24-27-7-8-31(24)15-21(29-23)16-1-3-20-17(13-16)5-6-26-20/h1-4,6-8,13-15H,5,9-12H2,(H,28,29). The summed E-state index contributed by atoms with van der Waals surface area (Å²) in [5.74, 6) is 0.300. The van der Waals surface area contributed by atoms with Crippen molar-refractivity contribution in [1.82, 2.24) is 14.4 Å². The molecule has 160 valence electrons. The van der Waals surface area contributed by atoms with Gasteiger partial charge in [-0.3, -0.25) is 4.99 Å². The van der Waals surface area contributed by atoms with E-state index in [1.807, 2.05) is 46.1 Å². The lowest BCUT2D eigenvalue weighted by Crippen LogP contribution is -2.36. The lowest BCUT2D eigenvalue weighted by atomic mass is 10.1. The van der Waals surface area contributed by atoms with Crippen LogP contribution in [0.2, 0.25) is 0 Å². The summed E-state index contributed by atoms with van der Waals surface area (Å²) in [5, 5.41) is 3.26. The summed E-state index contributed by atoms with van der Waals surface area (Å²) in [7, 11) is 0. The van der Waals surface area contributed by atoms with Gasteiger partial charge in [0.25, 0.3) is 0 Å². The number of imidazole rings is 1. The maximum atomic E-state index is 14.9. The Hall–Kier alpha value is -3.78. The monoisotopic (exact) mass is 428 g/mol. The summed E-state index contributed by atoms with van der Waals surface area (Å²) < 4.78 is 22.2. The zero-order valence-corrected chi connectivity index (χ0v) is 17.3. The zero-order chi connectivity index (χ0) is 21.5. The fourth-order valence-corrected chi connectivity index (χ4v) is 4.21. The second-order valence-electron chi connectivity index (χ2n) is 7.88. The predicted molar refractivity (Wildman–Crippen MR) is 123 cm³/mol. The van der Waals surface area contributed by atoms with E-state index in [9.17, 15) is 4.39 Å². The van der Waals surface area contributed by atoms with Crippen LogP contribution in [0.4, 0.5) is 27.3 Å². The molecule has 1 saturated heterocycles. The lowest BCUT2D eigenvalue weighted by molar-refractivity contribution is 0.122. The van der Waals surface area contributed by atoms with E-state index in [0.717, 1.165) is 23.4 Å². The maximum absolute atomic E-state index is 14.9. The SMILES string of the molecule is Fc1cc(Nc2nc(-c3ccc4c(c3)CC=N4)cn3ccnc23)ccc1N1CCOCC1. The Kier molecular flexibility index (Phi) is 4.57. The molecule has 2 aliphatic rings. The first-order chi connectivity index (χ1) is 15.7. The maximum Gasteiger partial charge on any atom is 0.180 e. The summed E-state index contributed by atoms with van der Waals surface area (Å²) in [6, 6.07) is 11.3. The second-order valence-corrected chi connectivity index (χ2v) is 7.88. The van der Waals surface area contributed by atoms with Crippen LogP contribution in [0.25, 0.3) is 16.9 Å². The van der Waals surface area contributed by atoms with Crippen molar-refractivity contribution in [2.45, 2.75) is 6.42 Å². The predicted octanol–water partition coefficient (Wildman–Crippen LogP) is 4.37. The average molecular weight is 428 g/mol. The molecule has 0 bridgehead atoms. The number of aromatic nitrogens is 3. The van der Waals surface area contributed by atoms with Crippen LogP contribution in [0.5, 0.6) is 0 Å². The molecule has 32 heavy (non-hydrogen) atoms. The van der Waals surface area contributed by atoms with Gasteiger partial charge in [-0.2, -0.15) is 0 Å². The number of nitrogens with one attached hydrogen (secondary N) is 1. The van der Waals surface area contributed by atoms with E-state index in [2.05, 4.69) is 21.4 Å². The Morgan fingerprint density at radius 3 is 2.84 bits per heavy atom. The van der Waals surface area contributed by atoms with E-state index in [0.29, 0.717) is 49.1 Å². The minimum atomic E-state index is -0.272. The topological polar surface area (TPSA) is 67.0 Å². The summed E-state index contributed by atoms with van der Waals surface area (Å²) in [6.07, 6.45) is 8.31. The number of aliphatic imine (C=N–C) groups is 1. The lowest BCUT2D eigenvalue weighted by Gasteiger charge is -2.29. The molecule has 1 N–H and O–H groups in total. The first-order valence-electron chi connectivity index (χ1n) is 10.6. The molecule has 7 nitrogen and oxygen atoms in total. The minimum Gasteiger partial charge on any atom is -0.378 e. The summed E-state index contributed by atoms with van der Waals surface area (Å²) in [4.78, 5) is 15.6. The van der Waals surface area contributed by atoms with Crippen molar-refractivity contribution in [3.63, 3.8) is 0 Å². The molecule has 0 saturated carbocycles. The third-order valence-corrected chi connectivity index (χ3v) is 5.85. The summed E-state index contributed by atoms with van der Waals surface area (Å²) in [6.45, 7) is 2.60. The Morgan fingerprint density at radius 2 is 1.97 bits per heavy atom. The molecule has 0 atom stereocenters. The van der Waals surface area contributed by atoms with Gasteiger partial charge in [0, 0.05) is 55.6 Å². The van der Waals surface area contributed by atoms with E-state index < -0.39 is 0 Å². The van der Waals surface area contributed by atoms with Crippen molar-refractivity contribution in [2.75, 3.05) is 36.5 Å². The molecule has 1 fully saturated rings. The smallest absolute Gasteiger partial charge is 0.180 e. The number of nitrogens with zero attached hydrogens (tertiary/aromatic N) is 5. The Labute approximate surface area is 184 Å². The summed E-state index contributed by atoms with van der Waals surface area (Å²) >= 11 is 0. The highest BCUT2D eigenvalue weighted by molar-refractivity contribution is 5.79. The number of fused-ring (bicyclic) bond motifs is 2. The molecular weight excluding hydrogens is 407 g/mol.